The van der Waals surface area contributed by atoms with Gasteiger partial charge in [-0.05, 0) is 32.5 Å². The fraction of sp³-hybridized carbons (Fsp3) is 0.688. The molecule has 0 radical (unpaired) electrons. The topological polar surface area (TPSA) is 74.1 Å². The molecule has 2 aromatic heterocycles. The maximum absolute atomic E-state index is 6.20. The molecule has 2 unspecified atom stereocenters. The second kappa shape index (κ2) is 6.78. The predicted octanol–water partition coefficient (Wildman–Crippen LogP) is 3.60. The summed E-state index contributed by atoms with van der Waals surface area (Å²) in [5, 5.41) is 0. The van der Waals surface area contributed by atoms with Gasteiger partial charge < -0.3 is 14.1 Å². The number of anilines is 1. The van der Waals surface area contributed by atoms with Crippen LogP contribution in [0.5, 0.6) is 0 Å². The van der Waals surface area contributed by atoms with Gasteiger partial charge in [-0.15, -0.1) is 0 Å². The highest BCUT2D eigenvalue weighted by Crippen LogP contribution is 2.32. The van der Waals surface area contributed by atoms with Crippen molar-refractivity contribution in [3.05, 3.63) is 12.7 Å². The lowest BCUT2D eigenvalue weighted by molar-refractivity contribution is -0.0172. The molecule has 0 saturated carbocycles. The molecule has 7 nitrogen and oxygen atoms in total. The molecule has 0 bridgehead atoms. The van der Waals surface area contributed by atoms with E-state index in [9.17, 15) is 0 Å². The predicted molar refractivity (Wildman–Crippen MR) is 105 cm³/mol. The molecular weight excluding hydrogens is 350 g/mol. The molecule has 2 atom stereocenters. The van der Waals surface area contributed by atoms with Crippen molar-refractivity contribution in [2.24, 2.45) is 0 Å². The Hall–Kier alpha value is -1.30. The van der Waals surface area contributed by atoms with Gasteiger partial charge in [-0.1, -0.05) is 19.6 Å². The van der Waals surface area contributed by atoms with E-state index in [0.717, 1.165) is 29.8 Å². The third kappa shape index (κ3) is 4.66. The Morgan fingerprint density at radius 1 is 1.16 bits per heavy atom. The van der Waals surface area contributed by atoms with E-state index in [4.69, 9.17) is 9.16 Å². The molecule has 0 aromatic carbocycles. The van der Waals surface area contributed by atoms with Gasteiger partial charge >= 0.3 is 0 Å². The lowest BCUT2D eigenvalue weighted by Gasteiger charge is -2.21. The van der Waals surface area contributed by atoms with Crippen LogP contribution in [-0.2, 0) is 9.16 Å². The molecule has 0 amide bonds. The van der Waals surface area contributed by atoms with Crippen LogP contribution in [0.15, 0.2) is 12.7 Å². The summed E-state index contributed by atoms with van der Waals surface area (Å²) >= 11 is 0. The molecule has 1 aliphatic rings. The van der Waals surface area contributed by atoms with Gasteiger partial charge in [-0.3, -0.25) is 4.57 Å². The number of ether oxygens (including phenoxy) is 1. The Morgan fingerprint density at radius 2 is 1.92 bits per heavy atom. The molecule has 3 heterocycles. The van der Waals surface area contributed by atoms with Gasteiger partial charge in [0.05, 0.1) is 19.0 Å². The zero-order chi connectivity index (χ0) is 18.2. The Labute approximate surface area is 151 Å². The first-order valence-corrected chi connectivity index (χ1v) is 15.8. The van der Waals surface area contributed by atoms with Crippen molar-refractivity contribution < 1.29 is 9.16 Å². The van der Waals surface area contributed by atoms with Crippen molar-refractivity contribution in [1.82, 2.24) is 19.5 Å². The van der Waals surface area contributed by atoms with Crippen molar-refractivity contribution >= 4 is 33.5 Å². The van der Waals surface area contributed by atoms with Gasteiger partial charge in [0.2, 0.25) is 0 Å². The minimum atomic E-state index is -1.51. The number of rotatable bonds is 6. The molecule has 9 heteroatoms. The molecule has 0 spiro atoms. The van der Waals surface area contributed by atoms with E-state index >= 15 is 0 Å². The summed E-state index contributed by atoms with van der Waals surface area (Å²) in [6.45, 7) is 14.0. The van der Waals surface area contributed by atoms with Crippen LogP contribution < -0.4 is 4.98 Å². The standard InChI is InChI=1S/C16H29N5O2Si2/c1-24(2,3)20-15-14-16(18-10-17-15)21(11-19-14)13-8-7-12(23-13)9-22-25(4,5)6/h10-13H,7-9H2,1-6H3,(H,17,18,20). The minimum absolute atomic E-state index is 0.0325. The number of aromatic nitrogens is 4. The van der Waals surface area contributed by atoms with Gasteiger partial charge in [0.15, 0.2) is 14.0 Å². The Balaban J connectivity index is 1.76. The van der Waals surface area contributed by atoms with E-state index in [-0.39, 0.29) is 12.3 Å². The van der Waals surface area contributed by atoms with Gasteiger partial charge in [-0.2, -0.15) is 0 Å². The molecule has 1 N–H and O–H groups in total. The number of hydrogen-bond acceptors (Lipinski definition) is 6. The average molecular weight is 380 g/mol. The largest absolute Gasteiger partial charge is 0.415 e. The monoisotopic (exact) mass is 379 g/mol. The molecule has 0 aliphatic carbocycles. The van der Waals surface area contributed by atoms with E-state index in [0.29, 0.717) is 6.61 Å². The second-order valence-electron chi connectivity index (χ2n) is 8.63. The number of nitrogens with zero attached hydrogens (tertiary/aromatic N) is 4. The van der Waals surface area contributed by atoms with Gasteiger partial charge in [0.25, 0.3) is 0 Å². The maximum Gasteiger partial charge on any atom is 0.183 e. The Kier molecular flexibility index (Phi) is 5.02. The first-order chi connectivity index (χ1) is 11.6. The van der Waals surface area contributed by atoms with Crippen molar-refractivity contribution in [2.75, 3.05) is 11.6 Å². The van der Waals surface area contributed by atoms with Crippen LogP contribution in [0.25, 0.3) is 11.2 Å². The quantitative estimate of drug-likeness (QED) is 0.773. The fourth-order valence-corrected chi connectivity index (χ4v) is 4.45. The molecule has 3 rings (SSSR count). The summed E-state index contributed by atoms with van der Waals surface area (Å²) in [6, 6.07) is 0. The van der Waals surface area contributed by atoms with Crippen molar-refractivity contribution in [1.29, 1.82) is 0 Å². The van der Waals surface area contributed by atoms with Crippen LogP contribution in [-0.4, -0.2) is 48.8 Å². The van der Waals surface area contributed by atoms with Crippen LogP contribution in [0.2, 0.25) is 39.3 Å². The van der Waals surface area contributed by atoms with Crippen molar-refractivity contribution in [3.63, 3.8) is 0 Å². The smallest absolute Gasteiger partial charge is 0.183 e. The van der Waals surface area contributed by atoms with E-state index in [2.05, 4.69) is 59.2 Å². The van der Waals surface area contributed by atoms with E-state index in [1.807, 2.05) is 10.9 Å². The van der Waals surface area contributed by atoms with Crippen LogP contribution in [0.4, 0.5) is 5.82 Å². The SMILES string of the molecule is C[Si](C)(C)Nc1ncnc2c1ncn2C1CCC(CO[Si](C)(C)C)O1. The average Bonchev–Trinajstić information content (AvgIpc) is 3.09. The zero-order valence-electron chi connectivity index (χ0n) is 16.0. The third-order valence-corrected chi connectivity index (χ3v) is 5.97. The zero-order valence-corrected chi connectivity index (χ0v) is 18.0. The van der Waals surface area contributed by atoms with Gasteiger partial charge in [0.1, 0.15) is 32.1 Å². The molecule has 1 saturated heterocycles. The Bertz CT molecular complexity index is 738. The summed E-state index contributed by atoms with van der Waals surface area (Å²) in [4.78, 5) is 16.9. The highest BCUT2D eigenvalue weighted by molar-refractivity contribution is 6.79. The molecule has 2 aromatic rings. The second-order valence-corrected chi connectivity index (χ2v) is 17.9. The van der Waals surface area contributed by atoms with Crippen LogP contribution >= 0.6 is 0 Å². The highest BCUT2D eigenvalue weighted by Gasteiger charge is 2.30. The minimum Gasteiger partial charge on any atom is -0.415 e. The molecule has 1 fully saturated rings. The molecule has 138 valence electrons. The van der Waals surface area contributed by atoms with Gasteiger partial charge in [0, 0.05) is 0 Å². The van der Waals surface area contributed by atoms with Crippen LogP contribution in [0.1, 0.15) is 19.1 Å². The van der Waals surface area contributed by atoms with E-state index < -0.39 is 16.6 Å². The summed E-state index contributed by atoms with van der Waals surface area (Å²) < 4.78 is 14.2. The summed E-state index contributed by atoms with van der Waals surface area (Å²) in [5.74, 6) is 0.819. The van der Waals surface area contributed by atoms with E-state index in [1.165, 1.54) is 0 Å². The van der Waals surface area contributed by atoms with Crippen LogP contribution in [0.3, 0.4) is 0 Å². The highest BCUT2D eigenvalue weighted by atomic mass is 28.4. The molecule has 1 aliphatic heterocycles. The summed E-state index contributed by atoms with van der Waals surface area (Å²) in [7, 11) is -3.02. The van der Waals surface area contributed by atoms with Crippen molar-refractivity contribution in [2.45, 2.75) is 64.5 Å². The molecular formula is C16H29N5O2Si2. The van der Waals surface area contributed by atoms with Gasteiger partial charge in [-0.25, -0.2) is 15.0 Å². The Morgan fingerprint density at radius 3 is 2.60 bits per heavy atom. The van der Waals surface area contributed by atoms with E-state index in [1.54, 1.807) is 6.33 Å². The first-order valence-electron chi connectivity index (χ1n) is 8.87. The lowest BCUT2D eigenvalue weighted by atomic mass is 10.2. The summed E-state index contributed by atoms with van der Waals surface area (Å²) in [5.41, 5.74) is 1.64. The fourth-order valence-electron chi connectivity index (χ4n) is 2.87. The molecule has 25 heavy (non-hydrogen) atoms. The normalized spacial score (nSPS) is 21.8. The third-order valence-electron chi connectivity index (χ3n) is 3.95. The lowest BCUT2D eigenvalue weighted by Crippen LogP contribution is -2.32. The van der Waals surface area contributed by atoms with Crippen molar-refractivity contribution in [3.8, 4) is 0 Å². The maximum atomic E-state index is 6.20. The first kappa shape index (κ1) is 18.5. The summed E-state index contributed by atoms with van der Waals surface area (Å²) in [6.07, 6.45) is 5.49. The number of fused-ring (bicyclic) bond motifs is 1. The van der Waals surface area contributed by atoms with Crippen LogP contribution in [0, 0.1) is 0 Å². The number of imidazole rings is 1. The number of nitrogens with one attached hydrogen (secondary N) is 1. The number of hydrogen-bond donors (Lipinski definition) is 1.